The molecule has 0 saturated carbocycles. The van der Waals surface area contributed by atoms with Gasteiger partial charge in [0.25, 0.3) is 11.9 Å². The highest BCUT2D eigenvalue weighted by Crippen LogP contribution is 2.44. The minimum absolute atomic E-state index is 0.160. The second kappa shape index (κ2) is 6.31. The van der Waals surface area contributed by atoms with E-state index in [4.69, 9.17) is 14.2 Å². The molecule has 27 heavy (non-hydrogen) atoms. The molecular formula is C21H26N2O4. The largest absolute Gasteiger partial charge is 0.448 e. The summed E-state index contributed by atoms with van der Waals surface area (Å²) in [5.74, 6) is 0.216. The number of carbonyl (C=O) groups is 1. The van der Waals surface area contributed by atoms with E-state index in [0.29, 0.717) is 31.6 Å². The molecule has 4 aliphatic rings. The zero-order valence-corrected chi connectivity index (χ0v) is 15.8. The van der Waals surface area contributed by atoms with E-state index in [9.17, 15) is 4.79 Å². The minimum Gasteiger partial charge on any atom is -0.448 e. The fraction of sp³-hybridized carbons (Fsp3) is 0.619. The van der Waals surface area contributed by atoms with Gasteiger partial charge in [-0.25, -0.2) is 0 Å². The Balaban J connectivity index is 1.25. The molecule has 0 N–H and O–H groups in total. The number of hydrogen-bond donors (Lipinski definition) is 0. The molecule has 2 saturated heterocycles. The average molecular weight is 370 g/mol. The highest BCUT2D eigenvalue weighted by molar-refractivity contribution is 6.01. The van der Waals surface area contributed by atoms with Gasteiger partial charge in [0.2, 0.25) is 0 Å². The molecule has 0 aliphatic carbocycles. The standard InChI is InChI=1S/C21H26N2O4/c1-20(12-15-6-11-25-13-15)18(24)22-19(27-20)23-9-7-21(8-10-23)17-5-3-2-4-16(17)14-26-21/h2-5,15H,6-14H2,1H3. The van der Waals surface area contributed by atoms with Crippen LogP contribution in [0.3, 0.4) is 0 Å². The maximum absolute atomic E-state index is 12.5. The van der Waals surface area contributed by atoms with Crippen LogP contribution in [0.15, 0.2) is 29.3 Å². The van der Waals surface area contributed by atoms with E-state index in [1.54, 1.807) is 0 Å². The lowest BCUT2D eigenvalue weighted by molar-refractivity contribution is -0.131. The first-order valence-electron chi connectivity index (χ1n) is 9.95. The molecule has 2 fully saturated rings. The van der Waals surface area contributed by atoms with Gasteiger partial charge in [-0.1, -0.05) is 24.3 Å². The summed E-state index contributed by atoms with van der Waals surface area (Å²) in [6, 6.07) is 8.98. The van der Waals surface area contributed by atoms with Crippen LogP contribution in [0.25, 0.3) is 0 Å². The Hall–Kier alpha value is -1.92. The van der Waals surface area contributed by atoms with Gasteiger partial charge in [-0.15, -0.1) is 0 Å². The van der Waals surface area contributed by atoms with Crippen LogP contribution in [0, 0.1) is 5.92 Å². The van der Waals surface area contributed by atoms with Crippen molar-refractivity contribution in [3.8, 4) is 0 Å². The number of benzene rings is 1. The van der Waals surface area contributed by atoms with E-state index in [1.165, 1.54) is 11.1 Å². The molecule has 6 heteroatoms. The Bertz CT molecular complexity index is 778. The van der Waals surface area contributed by atoms with Crippen LogP contribution in [-0.2, 0) is 31.2 Å². The monoisotopic (exact) mass is 370 g/mol. The van der Waals surface area contributed by atoms with Gasteiger partial charge in [0.1, 0.15) is 0 Å². The molecule has 2 unspecified atom stereocenters. The Morgan fingerprint density at radius 3 is 2.85 bits per heavy atom. The quantitative estimate of drug-likeness (QED) is 0.801. The van der Waals surface area contributed by atoms with Gasteiger partial charge in [0.05, 0.1) is 12.2 Å². The summed E-state index contributed by atoms with van der Waals surface area (Å²) in [6.07, 6.45) is 3.43. The maximum Gasteiger partial charge on any atom is 0.296 e. The van der Waals surface area contributed by atoms with E-state index in [0.717, 1.165) is 39.0 Å². The summed E-state index contributed by atoms with van der Waals surface area (Å²) in [4.78, 5) is 18.9. The molecule has 5 rings (SSSR count). The van der Waals surface area contributed by atoms with Crippen molar-refractivity contribution >= 4 is 11.9 Å². The van der Waals surface area contributed by atoms with Crippen LogP contribution in [0.1, 0.15) is 43.7 Å². The Morgan fingerprint density at radius 2 is 2.07 bits per heavy atom. The van der Waals surface area contributed by atoms with Gasteiger partial charge in [-0.05, 0) is 43.2 Å². The van der Waals surface area contributed by atoms with Crippen molar-refractivity contribution in [2.75, 3.05) is 26.3 Å². The zero-order chi connectivity index (χ0) is 18.5. The minimum atomic E-state index is -0.848. The number of carbonyl (C=O) groups excluding carboxylic acids is 1. The molecule has 1 amide bonds. The molecule has 1 aromatic rings. The Labute approximate surface area is 159 Å². The van der Waals surface area contributed by atoms with Crippen LogP contribution >= 0.6 is 0 Å². The molecule has 144 valence electrons. The van der Waals surface area contributed by atoms with E-state index in [1.807, 2.05) is 6.92 Å². The van der Waals surface area contributed by atoms with Gasteiger partial charge < -0.3 is 19.1 Å². The SMILES string of the molecule is CC1(CC2CCOC2)OC(N2CCC3(CC2)OCc2ccccc23)=NC1=O. The summed E-state index contributed by atoms with van der Waals surface area (Å²) in [7, 11) is 0. The van der Waals surface area contributed by atoms with Gasteiger partial charge >= 0.3 is 0 Å². The summed E-state index contributed by atoms with van der Waals surface area (Å²) < 4.78 is 17.8. The van der Waals surface area contributed by atoms with E-state index in [-0.39, 0.29) is 11.5 Å². The molecule has 0 bridgehead atoms. The van der Waals surface area contributed by atoms with Gasteiger partial charge in [0, 0.05) is 32.7 Å². The van der Waals surface area contributed by atoms with Gasteiger partial charge in [-0.2, -0.15) is 4.99 Å². The fourth-order valence-corrected chi connectivity index (χ4v) is 4.89. The topological polar surface area (TPSA) is 60.4 Å². The first-order chi connectivity index (χ1) is 13.1. The van der Waals surface area contributed by atoms with Crippen LogP contribution in [-0.4, -0.2) is 48.7 Å². The first-order valence-corrected chi connectivity index (χ1v) is 9.95. The third-order valence-corrected chi connectivity index (χ3v) is 6.52. The lowest BCUT2D eigenvalue weighted by Gasteiger charge is -2.40. The van der Waals surface area contributed by atoms with Crippen LogP contribution in [0.2, 0.25) is 0 Å². The van der Waals surface area contributed by atoms with Crippen molar-refractivity contribution in [3.63, 3.8) is 0 Å². The predicted molar refractivity (Wildman–Crippen MR) is 99.2 cm³/mol. The number of amides is 1. The van der Waals surface area contributed by atoms with Gasteiger partial charge in [-0.3, -0.25) is 4.79 Å². The number of amidine groups is 1. The second-order valence-electron chi connectivity index (χ2n) is 8.39. The zero-order valence-electron chi connectivity index (χ0n) is 15.8. The van der Waals surface area contributed by atoms with Crippen LogP contribution < -0.4 is 0 Å². The van der Waals surface area contributed by atoms with E-state index >= 15 is 0 Å². The molecule has 1 spiro atoms. The third kappa shape index (κ3) is 2.86. The number of rotatable bonds is 2. The molecule has 1 aromatic carbocycles. The number of hydrogen-bond acceptors (Lipinski definition) is 5. The second-order valence-corrected chi connectivity index (χ2v) is 8.39. The van der Waals surface area contributed by atoms with Crippen molar-refractivity contribution in [3.05, 3.63) is 35.4 Å². The molecule has 4 heterocycles. The highest BCUT2D eigenvalue weighted by Gasteiger charge is 2.48. The number of likely N-dealkylation sites (tertiary alicyclic amines) is 1. The molecule has 4 aliphatic heterocycles. The smallest absolute Gasteiger partial charge is 0.296 e. The van der Waals surface area contributed by atoms with Crippen molar-refractivity contribution < 1.29 is 19.0 Å². The molecule has 2 atom stereocenters. The molecule has 6 nitrogen and oxygen atoms in total. The lowest BCUT2D eigenvalue weighted by Crippen LogP contribution is -2.46. The van der Waals surface area contributed by atoms with Gasteiger partial charge in [0.15, 0.2) is 5.60 Å². The lowest BCUT2D eigenvalue weighted by atomic mass is 9.84. The Kier molecular flexibility index (Phi) is 4.02. The number of piperidine rings is 1. The molecule has 0 aromatic heterocycles. The van der Waals surface area contributed by atoms with E-state index < -0.39 is 5.60 Å². The number of nitrogens with zero attached hydrogens (tertiary/aromatic N) is 2. The van der Waals surface area contributed by atoms with Crippen LogP contribution in [0.4, 0.5) is 0 Å². The van der Waals surface area contributed by atoms with E-state index in [2.05, 4.69) is 34.2 Å². The van der Waals surface area contributed by atoms with Crippen LogP contribution in [0.5, 0.6) is 0 Å². The normalized spacial score (nSPS) is 31.9. The summed E-state index contributed by atoms with van der Waals surface area (Å²) in [6.45, 7) is 5.61. The van der Waals surface area contributed by atoms with Crippen molar-refractivity contribution in [2.45, 2.75) is 50.4 Å². The third-order valence-electron chi connectivity index (χ3n) is 6.52. The van der Waals surface area contributed by atoms with Crippen molar-refractivity contribution in [2.24, 2.45) is 10.9 Å². The highest BCUT2D eigenvalue weighted by atomic mass is 16.5. The average Bonchev–Trinajstić information content (AvgIpc) is 3.37. The number of fused-ring (bicyclic) bond motifs is 2. The Morgan fingerprint density at radius 1 is 1.26 bits per heavy atom. The predicted octanol–water partition coefficient (Wildman–Crippen LogP) is 2.61. The summed E-state index contributed by atoms with van der Waals surface area (Å²) in [5.41, 5.74) is 1.57. The fourth-order valence-electron chi connectivity index (χ4n) is 4.89. The summed E-state index contributed by atoms with van der Waals surface area (Å²) in [5, 5.41) is 0. The molecular weight excluding hydrogens is 344 g/mol. The number of ether oxygens (including phenoxy) is 3. The number of aliphatic imine (C=N–C) groups is 1. The maximum atomic E-state index is 12.5. The van der Waals surface area contributed by atoms with Crippen molar-refractivity contribution in [1.29, 1.82) is 0 Å². The molecule has 0 radical (unpaired) electrons. The van der Waals surface area contributed by atoms with Crippen molar-refractivity contribution in [1.82, 2.24) is 4.90 Å². The summed E-state index contributed by atoms with van der Waals surface area (Å²) >= 11 is 0. The first kappa shape index (κ1) is 17.2.